The third-order valence-corrected chi connectivity index (χ3v) is 4.60. The molecule has 3 rings (SSSR count). The molecule has 0 saturated carbocycles. The Morgan fingerprint density at radius 3 is 2.77 bits per heavy atom. The largest absolute Gasteiger partial charge is 0.485 e. The molecule has 0 unspecified atom stereocenters. The van der Waals surface area contributed by atoms with E-state index in [1.807, 2.05) is 0 Å². The van der Waals surface area contributed by atoms with Gasteiger partial charge in [-0.3, -0.25) is 9.59 Å². The van der Waals surface area contributed by atoms with E-state index in [1.165, 1.54) is 17.2 Å². The number of nitrogen functional groups attached to an aromatic ring is 1. The molecule has 0 aliphatic carbocycles. The molecule has 1 aromatic carbocycles. The number of benzene rings is 1. The maximum absolute atomic E-state index is 12.6. The van der Waals surface area contributed by atoms with E-state index < -0.39 is 0 Å². The molecule has 0 bridgehead atoms. The fourth-order valence-corrected chi connectivity index (χ4v) is 3.01. The maximum atomic E-state index is 12.6. The minimum absolute atomic E-state index is 0.00856. The van der Waals surface area contributed by atoms with Crippen molar-refractivity contribution in [2.24, 2.45) is 0 Å². The van der Waals surface area contributed by atoms with Gasteiger partial charge < -0.3 is 20.7 Å². The Hall–Kier alpha value is -2.51. The smallest absolute Gasteiger partial charge is 0.256 e. The Bertz CT molecular complexity index is 840. The molecule has 1 saturated heterocycles. The van der Waals surface area contributed by atoms with Crippen LogP contribution in [-0.4, -0.2) is 41.3 Å². The predicted octanol–water partition coefficient (Wildman–Crippen LogP) is 2.12. The van der Waals surface area contributed by atoms with Crippen molar-refractivity contribution in [2.75, 3.05) is 25.4 Å². The molecule has 2 amide bonds. The van der Waals surface area contributed by atoms with Crippen molar-refractivity contribution in [3.05, 3.63) is 51.6 Å². The molecule has 2 heterocycles. The first-order chi connectivity index (χ1) is 12.5. The van der Waals surface area contributed by atoms with Gasteiger partial charge in [-0.15, -0.1) is 0 Å². The van der Waals surface area contributed by atoms with Crippen molar-refractivity contribution >= 4 is 40.8 Å². The zero-order chi connectivity index (χ0) is 18.7. The molecule has 0 radical (unpaired) electrons. The predicted molar refractivity (Wildman–Crippen MR) is 98.4 cm³/mol. The van der Waals surface area contributed by atoms with Gasteiger partial charge in [0, 0.05) is 34.9 Å². The standard InChI is InChI=1S/C17H16Cl2N4O3/c18-12-2-1-3-13(19)11(12)9-26-14-6-10(7-22-16(14)20)17(25)23-5-4-21-15(24)8-23/h1-3,6-7H,4-5,8-9H2,(H2,20,22)(H,21,24). The van der Waals surface area contributed by atoms with Crippen LogP contribution >= 0.6 is 23.2 Å². The van der Waals surface area contributed by atoms with E-state index >= 15 is 0 Å². The highest BCUT2D eigenvalue weighted by atomic mass is 35.5. The van der Waals surface area contributed by atoms with Crippen LogP contribution in [0.2, 0.25) is 10.0 Å². The summed E-state index contributed by atoms with van der Waals surface area (Å²) in [6.07, 6.45) is 1.36. The average molecular weight is 395 g/mol. The van der Waals surface area contributed by atoms with Crippen molar-refractivity contribution in [1.82, 2.24) is 15.2 Å². The van der Waals surface area contributed by atoms with Crippen LogP contribution in [0.15, 0.2) is 30.5 Å². The number of amides is 2. The lowest BCUT2D eigenvalue weighted by molar-refractivity contribution is -0.123. The van der Waals surface area contributed by atoms with Gasteiger partial charge in [-0.2, -0.15) is 0 Å². The van der Waals surface area contributed by atoms with Crippen molar-refractivity contribution in [3.8, 4) is 5.75 Å². The summed E-state index contributed by atoms with van der Waals surface area (Å²) in [5, 5.41) is 3.61. The normalized spacial score (nSPS) is 14.1. The minimum Gasteiger partial charge on any atom is -0.485 e. The number of nitrogens with one attached hydrogen (secondary N) is 1. The number of nitrogens with two attached hydrogens (primary N) is 1. The lowest BCUT2D eigenvalue weighted by atomic mass is 10.2. The molecule has 1 aliphatic heterocycles. The molecule has 0 spiro atoms. The van der Waals surface area contributed by atoms with Crippen LogP contribution in [0.1, 0.15) is 15.9 Å². The number of pyridine rings is 1. The van der Waals surface area contributed by atoms with Crippen LogP contribution in [0.3, 0.4) is 0 Å². The van der Waals surface area contributed by atoms with E-state index in [2.05, 4.69) is 10.3 Å². The third-order valence-electron chi connectivity index (χ3n) is 3.89. The topological polar surface area (TPSA) is 97.5 Å². The second-order valence-electron chi connectivity index (χ2n) is 5.67. The van der Waals surface area contributed by atoms with Gasteiger partial charge in [-0.1, -0.05) is 29.3 Å². The van der Waals surface area contributed by atoms with Gasteiger partial charge in [-0.05, 0) is 18.2 Å². The van der Waals surface area contributed by atoms with E-state index in [0.29, 0.717) is 28.7 Å². The third kappa shape index (κ3) is 4.00. The Kier molecular flexibility index (Phi) is 5.49. The second-order valence-corrected chi connectivity index (χ2v) is 6.49. The highest BCUT2D eigenvalue weighted by Crippen LogP contribution is 2.28. The highest BCUT2D eigenvalue weighted by Gasteiger charge is 2.23. The first kappa shape index (κ1) is 18.3. The molecular weight excluding hydrogens is 379 g/mol. The number of ether oxygens (including phenoxy) is 1. The van der Waals surface area contributed by atoms with E-state index in [9.17, 15) is 9.59 Å². The van der Waals surface area contributed by atoms with Crippen LogP contribution in [0.4, 0.5) is 5.82 Å². The monoisotopic (exact) mass is 394 g/mol. The first-order valence-corrected chi connectivity index (χ1v) is 8.58. The van der Waals surface area contributed by atoms with Gasteiger partial charge in [-0.25, -0.2) is 4.98 Å². The zero-order valence-electron chi connectivity index (χ0n) is 13.7. The SMILES string of the molecule is Nc1ncc(C(=O)N2CCNC(=O)C2)cc1OCc1c(Cl)cccc1Cl. The first-order valence-electron chi connectivity index (χ1n) is 7.83. The zero-order valence-corrected chi connectivity index (χ0v) is 15.2. The van der Waals surface area contributed by atoms with E-state index in [-0.39, 0.29) is 42.1 Å². The quantitative estimate of drug-likeness (QED) is 0.827. The second kappa shape index (κ2) is 7.80. The lowest BCUT2D eigenvalue weighted by Crippen LogP contribution is -2.50. The number of aromatic nitrogens is 1. The Morgan fingerprint density at radius 2 is 2.08 bits per heavy atom. The summed E-state index contributed by atoms with van der Waals surface area (Å²) in [6.45, 7) is 0.935. The van der Waals surface area contributed by atoms with Crippen LogP contribution in [-0.2, 0) is 11.4 Å². The Morgan fingerprint density at radius 1 is 1.35 bits per heavy atom. The number of rotatable bonds is 4. The van der Waals surface area contributed by atoms with Crippen molar-refractivity contribution in [3.63, 3.8) is 0 Å². The number of hydrogen-bond acceptors (Lipinski definition) is 5. The number of nitrogens with zero attached hydrogens (tertiary/aromatic N) is 2. The average Bonchev–Trinajstić information content (AvgIpc) is 2.62. The fraction of sp³-hybridized carbons (Fsp3) is 0.235. The summed E-state index contributed by atoms with van der Waals surface area (Å²) in [5.74, 6) is -0.125. The molecule has 1 fully saturated rings. The van der Waals surface area contributed by atoms with E-state index in [0.717, 1.165) is 0 Å². The number of anilines is 1. The summed E-state index contributed by atoms with van der Waals surface area (Å²) in [6, 6.07) is 6.64. The van der Waals surface area contributed by atoms with Gasteiger partial charge in [0.05, 0.1) is 12.1 Å². The van der Waals surface area contributed by atoms with Gasteiger partial charge in [0.25, 0.3) is 5.91 Å². The molecule has 1 aliphatic rings. The number of carbonyl (C=O) groups excluding carboxylic acids is 2. The van der Waals surface area contributed by atoms with E-state index in [1.54, 1.807) is 18.2 Å². The van der Waals surface area contributed by atoms with Gasteiger partial charge in [0.1, 0.15) is 6.61 Å². The summed E-state index contributed by atoms with van der Waals surface area (Å²) >= 11 is 12.2. The maximum Gasteiger partial charge on any atom is 0.256 e. The molecule has 136 valence electrons. The molecule has 1 aromatic heterocycles. The molecule has 9 heteroatoms. The number of halogens is 2. The van der Waals surface area contributed by atoms with Crippen LogP contribution < -0.4 is 15.8 Å². The van der Waals surface area contributed by atoms with Crippen molar-refractivity contribution in [2.45, 2.75) is 6.61 Å². The molecule has 3 N–H and O–H groups in total. The van der Waals surface area contributed by atoms with Gasteiger partial charge in [0.2, 0.25) is 5.91 Å². The molecule has 26 heavy (non-hydrogen) atoms. The summed E-state index contributed by atoms with van der Waals surface area (Å²) < 4.78 is 5.68. The molecule has 2 aromatic rings. The van der Waals surface area contributed by atoms with Crippen molar-refractivity contribution in [1.29, 1.82) is 0 Å². The van der Waals surface area contributed by atoms with Crippen LogP contribution in [0.5, 0.6) is 5.75 Å². The number of carbonyl (C=O) groups is 2. The van der Waals surface area contributed by atoms with Gasteiger partial charge in [0.15, 0.2) is 11.6 Å². The highest BCUT2D eigenvalue weighted by molar-refractivity contribution is 6.35. The summed E-state index contributed by atoms with van der Waals surface area (Å²) in [5.41, 5.74) is 6.74. The van der Waals surface area contributed by atoms with Crippen molar-refractivity contribution < 1.29 is 14.3 Å². The van der Waals surface area contributed by atoms with E-state index in [4.69, 9.17) is 33.7 Å². The minimum atomic E-state index is -0.312. The summed E-state index contributed by atoms with van der Waals surface area (Å²) in [7, 11) is 0. The Labute approximate surface area is 160 Å². The van der Waals surface area contributed by atoms with Crippen LogP contribution in [0, 0.1) is 0 Å². The number of piperazine rings is 1. The van der Waals surface area contributed by atoms with Gasteiger partial charge >= 0.3 is 0 Å². The molecule has 7 nitrogen and oxygen atoms in total. The molecule has 0 atom stereocenters. The summed E-state index contributed by atoms with van der Waals surface area (Å²) in [4.78, 5) is 29.5. The van der Waals surface area contributed by atoms with Crippen LogP contribution in [0.25, 0.3) is 0 Å². The fourth-order valence-electron chi connectivity index (χ4n) is 2.50. The lowest BCUT2D eigenvalue weighted by Gasteiger charge is -2.26. The molecular formula is C17H16Cl2N4O3. The number of hydrogen-bond donors (Lipinski definition) is 2. The Balaban J connectivity index is 1.77.